The Labute approximate surface area is 147 Å². The number of anilines is 1. The Bertz CT molecular complexity index is 787. The zero-order valence-corrected chi connectivity index (χ0v) is 14.8. The second kappa shape index (κ2) is 7.21. The van der Waals surface area contributed by atoms with Crippen LogP contribution in [0.4, 0.5) is 5.00 Å². The molecule has 0 spiro atoms. The molecule has 0 aliphatic heterocycles. The molecule has 0 aliphatic rings. The summed E-state index contributed by atoms with van der Waals surface area (Å²) in [6.45, 7) is 2.49. The van der Waals surface area contributed by atoms with Crippen LogP contribution in [0.15, 0.2) is 41.4 Å². The average Bonchev–Trinajstić information content (AvgIpc) is 3.19. The average molecular weight is 364 g/mol. The number of thiophene rings is 1. The molecule has 3 rings (SSSR count). The van der Waals surface area contributed by atoms with E-state index in [2.05, 4.69) is 9.97 Å². The lowest BCUT2D eigenvalue weighted by atomic mass is 10.2. The smallest absolute Gasteiger partial charge is 0.232 e. The molecule has 118 valence electrons. The normalized spacial score (nSPS) is 10.7. The standard InChI is InChI=1S/C16H14ClN3OS2/c1-2-20(13(21)8-11-5-7-22-10-11)16-14(17)19-15(23-16)12-4-3-6-18-9-12/h3-7,9-10H,2,8H2,1H3. The summed E-state index contributed by atoms with van der Waals surface area (Å²) in [5.74, 6) is 0.0224. The summed E-state index contributed by atoms with van der Waals surface area (Å²) in [5, 5.41) is 5.77. The third kappa shape index (κ3) is 3.60. The van der Waals surface area contributed by atoms with E-state index < -0.39 is 0 Å². The lowest BCUT2D eigenvalue weighted by Gasteiger charge is -2.18. The van der Waals surface area contributed by atoms with Gasteiger partial charge < -0.3 is 4.90 Å². The Kier molecular flexibility index (Phi) is 5.05. The number of halogens is 1. The number of aromatic nitrogens is 2. The van der Waals surface area contributed by atoms with E-state index in [-0.39, 0.29) is 5.91 Å². The highest BCUT2D eigenvalue weighted by molar-refractivity contribution is 7.19. The number of amides is 1. The summed E-state index contributed by atoms with van der Waals surface area (Å²) in [7, 11) is 0. The van der Waals surface area contributed by atoms with Crippen molar-refractivity contribution in [2.75, 3.05) is 11.4 Å². The van der Waals surface area contributed by atoms with E-state index in [1.807, 2.05) is 35.9 Å². The van der Waals surface area contributed by atoms with Crippen LogP contribution in [0.5, 0.6) is 0 Å². The van der Waals surface area contributed by atoms with Crippen LogP contribution in [0.1, 0.15) is 12.5 Å². The first-order valence-electron chi connectivity index (χ1n) is 7.07. The lowest BCUT2D eigenvalue weighted by Crippen LogP contribution is -2.31. The highest BCUT2D eigenvalue weighted by Crippen LogP contribution is 2.37. The minimum atomic E-state index is 0.0224. The Balaban J connectivity index is 1.86. The van der Waals surface area contributed by atoms with E-state index in [4.69, 9.17) is 11.6 Å². The van der Waals surface area contributed by atoms with Crippen LogP contribution >= 0.6 is 34.3 Å². The van der Waals surface area contributed by atoms with Crippen molar-refractivity contribution in [3.8, 4) is 10.6 Å². The molecule has 0 aliphatic carbocycles. The van der Waals surface area contributed by atoms with Gasteiger partial charge in [-0.1, -0.05) is 22.9 Å². The van der Waals surface area contributed by atoms with Crippen LogP contribution in [0.2, 0.25) is 5.15 Å². The van der Waals surface area contributed by atoms with Crippen molar-refractivity contribution in [2.45, 2.75) is 13.3 Å². The molecule has 0 bridgehead atoms. The largest absolute Gasteiger partial charge is 0.301 e. The van der Waals surface area contributed by atoms with Crippen molar-refractivity contribution >= 4 is 45.2 Å². The van der Waals surface area contributed by atoms with Crippen molar-refractivity contribution in [3.05, 3.63) is 52.1 Å². The molecule has 0 aromatic carbocycles. The predicted molar refractivity (Wildman–Crippen MR) is 96.4 cm³/mol. The molecule has 4 nitrogen and oxygen atoms in total. The van der Waals surface area contributed by atoms with Gasteiger partial charge in [0.05, 0.1) is 6.42 Å². The van der Waals surface area contributed by atoms with E-state index in [1.54, 1.807) is 28.6 Å². The van der Waals surface area contributed by atoms with Crippen molar-refractivity contribution in [1.29, 1.82) is 0 Å². The van der Waals surface area contributed by atoms with Crippen molar-refractivity contribution in [1.82, 2.24) is 9.97 Å². The summed E-state index contributed by atoms with van der Waals surface area (Å²) in [6.07, 6.45) is 3.82. The first-order valence-corrected chi connectivity index (χ1v) is 9.21. The summed E-state index contributed by atoms with van der Waals surface area (Å²) in [4.78, 5) is 22.7. The van der Waals surface area contributed by atoms with Crippen molar-refractivity contribution in [2.24, 2.45) is 0 Å². The van der Waals surface area contributed by atoms with E-state index >= 15 is 0 Å². The van der Waals surface area contributed by atoms with Crippen LogP contribution in [0, 0.1) is 0 Å². The number of thiazole rings is 1. The van der Waals surface area contributed by atoms with Gasteiger partial charge in [0.15, 0.2) is 5.15 Å². The highest BCUT2D eigenvalue weighted by Gasteiger charge is 2.21. The molecular weight excluding hydrogens is 350 g/mol. The SMILES string of the molecule is CCN(C(=O)Cc1ccsc1)c1sc(-c2cccnc2)nc1Cl. The molecule has 0 unspecified atom stereocenters. The van der Waals surface area contributed by atoms with Gasteiger partial charge in [0.25, 0.3) is 0 Å². The fraction of sp³-hybridized carbons (Fsp3) is 0.188. The third-order valence-electron chi connectivity index (χ3n) is 3.28. The van der Waals surface area contributed by atoms with Gasteiger partial charge in [0.2, 0.25) is 5.91 Å². The fourth-order valence-electron chi connectivity index (χ4n) is 2.17. The fourth-order valence-corrected chi connectivity index (χ4v) is 4.22. The lowest BCUT2D eigenvalue weighted by molar-refractivity contribution is -0.117. The molecular formula is C16H14ClN3OS2. The number of hydrogen-bond donors (Lipinski definition) is 0. The molecule has 1 amide bonds. The zero-order valence-electron chi connectivity index (χ0n) is 12.4. The molecule has 3 heterocycles. The second-order valence-electron chi connectivity index (χ2n) is 4.80. The maximum Gasteiger partial charge on any atom is 0.232 e. The maximum absolute atomic E-state index is 12.6. The Morgan fingerprint density at radius 3 is 2.91 bits per heavy atom. The molecule has 0 N–H and O–H groups in total. The quantitative estimate of drug-likeness (QED) is 0.669. The van der Waals surface area contributed by atoms with Gasteiger partial charge in [-0.25, -0.2) is 4.98 Å². The zero-order chi connectivity index (χ0) is 16.2. The van der Waals surface area contributed by atoms with E-state index in [0.717, 1.165) is 16.1 Å². The Morgan fingerprint density at radius 2 is 2.26 bits per heavy atom. The Morgan fingerprint density at radius 1 is 1.39 bits per heavy atom. The van der Waals surface area contributed by atoms with Crippen LogP contribution in [0.3, 0.4) is 0 Å². The monoisotopic (exact) mass is 363 g/mol. The minimum Gasteiger partial charge on any atom is -0.301 e. The van der Waals surface area contributed by atoms with Gasteiger partial charge >= 0.3 is 0 Å². The summed E-state index contributed by atoms with van der Waals surface area (Å²) in [5.41, 5.74) is 1.92. The minimum absolute atomic E-state index is 0.0224. The molecule has 0 radical (unpaired) electrons. The van der Waals surface area contributed by atoms with Crippen LogP contribution in [-0.4, -0.2) is 22.4 Å². The van der Waals surface area contributed by atoms with Gasteiger partial charge in [-0.2, -0.15) is 11.3 Å². The molecule has 0 saturated heterocycles. The highest BCUT2D eigenvalue weighted by atomic mass is 35.5. The number of carbonyl (C=O) groups is 1. The van der Waals surface area contributed by atoms with Crippen LogP contribution in [-0.2, 0) is 11.2 Å². The number of carbonyl (C=O) groups excluding carboxylic acids is 1. The Hall–Kier alpha value is -1.76. The molecule has 3 aromatic heterocycles. The van der Waals surface area contributed by atoms with Gasteiger partial charge in [-0.3, -0.25) is 9.78 Å². The van der Waals surface area contributed by atoms with Gasteiger partial charge in [0, 0.05) is 24.5 Å². The first kappa shape index (κ1) is 16.1. The molecule has 23 heavy (non-hydrogen) atoms. The molecule has 0 fully saturated rings. The topological polar surface area (TPSA) is 46.1 Å². The third-order valence-corrected chi connectivity index (χ3v) is 5.51. The van der Waals surface area contributed by atoms with Crippen LogP contribution < -0.4 is 4.90 Å². The van der Waals surface area contributed by atoms with Crippen molar-refractivity contribution < 1.29 is 4.79 Å². The maximum atomic E-state index is 12.6. The van der Waals surface area contributed by atoms with Gasteiger partial charge in [-0.15, -0.1) is 0 Å². The number of hydrogen-bond acceptors (Lipinski definition) is 5. The first-order chi connectivity index (χ1) is 11.2. The van der Waals surface area contributed by atoms with E-state index in [1.165, 1.54) is 11.3 Å². The summed E-state index contributed by atoms with van der Waals surface area (Å²) < 4.78 is 0. The predicted octanol–water partition coefficient (Wildman–Crippen LogP) is 4.52. The molecule has 7 heteroatoms. The van der Waals surface area contributed by atoms with Crippen molar-refractivity contribution in [3.63, 3.8) is 0 Å². The second-order valence-corrected chi connectivity index (χ2v) is 6.92. The molecule has 3 aromatic rings. The summed E-state index contributed by atoms with van der Waals surface area (Å²) >= 11 is 9.28. The van der Waals surface area contributed by atoms with E-state index in [0.29, 0.717) is 23.1 Å². The molecule has 0 saturated carbocycles. The van der Waals surface area contributed by atoms with Crippen LogP contribution in [0.25, 0.3) is 10.6 Å². The summed E-state index contributed by atoms with van der Waals surface area (Å²) in [6, 6.07) is 5.74. The molecule has 0 atom stereocenters. The number of pyridine rings is 1. The van der Waals surface area contributed by atoms with E-state index in [9.17, 15) is 4.79 Å². The van der Waals surface area contributed by atoms with Gasteiger partial charge in [-0.05, 0) is 41.4 Å². The van der Waals surface area contributed by atoms with Gasteiger partial charge in [0.1, 0.15) is 10.0 Å². The number of rotatable bonds is 5. The number of nitrogens with zero attached hydrogens (tertiary/aromatic N) is 3. The number of likely N-dealkylation sites (N-methyl/N-ethyl adjacent to an activating group) is 1.